The maximum Gasteiger partial charge on any atom is 0.295 e. The first-order chi connectivity index (χ1) is 18.4. The van der Waals surface area contributed by atoms with E-state index in [1.54, 1.807) is 54.9 Å². The molecule has 0 aliphatic carbocycles. The highest BCUT2D eigenvalue weighted by molar-refractivity contribution is 6.46. The number of rotatable bonds is 8. The summed E-state index contributed by atoms with van der Waals surface area (Å²) in [6.45, 7) is 6.77. The summed E-state index contributed by atoms with van der Waals surface area (Å²) in [5, 5.41) is 11.5. The lowest BCUT2D eigenvalue weighted by atomic mass is 9.94. The van der Waals surface area contributed by atoms with Gasteiger partial charge in [-0.2, -0.15) is 0 Å². The third kappa shape index (κ3) is 4.69. The van der Waals surface area contributed by atoms with Crippen LogP contribution in [0.5, 0.6) is 17.2 Å². The molecule has 3 heterocycles. The Morgan fingerprint density at radius 1 is 1.03 bits per heavy atom. The monoisotopic (exact) mass is 514 g/mol. The number of pyridine rings is 1. The lowest BCUT2D eigenvalue weighted by Gasteiger charge is -2.26. The number of aliphatic hydroxyl groups is 1. The van der Waals surface area contributed by atoms with Crippen molar-refractivity contribution in [2.24, 2.45) is 0 Å². The number of ketones is 1. The maximum atomic E-state index is 13.5. The topological polar surface area (TPSA) is 98.2 Å². The zero-order chi connectivity index (χ0) is 26.8. The van der Waals surface area contributed by atoms with E-state index in [1.165, 1.54) is 4.90 Å². The number of nitrogens with zero attached hydrogens (tertiary/aromatic N) is 2. The number of benzene rings is 2. The fraction of sp³-hybridized carbons (Fsp3) is 0.300. The van der Waals surface area contributed by atoms with Gasteiger partial charge < -0.3 is 24.2 Å². The number of carbonyl (C=O) groups is 2. The molecule has 1 aromatic heterocycles. The van der Waals surface area contributed by atoms with Crippen molar-refractivity contribution in [3.63, 3.8) is 0 Å². The van der Waals surface area contributed by atoms with E-state index in [-0.39, 0.29) is 24.0 Å². The number of Topliss-reactive ketones (excluding diaryl/α,β-unsaturated/α-hetero) is 1. The van der Waals surface area contributed by atoms with E-state index >= 15 is 0 Å². The van der Waals surface area contributed by atoms with Gasteiger partial charge in [0.2, 0.25) is 0 Å². The summed E-state index contributed by atoms with van der Waals surface area (Å²) in [4.78, 5) is 32.4. The average molecular weight is 515 g/mol. The van der Waals surface area contributed by atoms with E-state index in [2.05, 4.69) is 4.98 Å². The quantitative estimate of drug-likeness (QED) is 0.261. The fourth-order valence-corrected chi connectivity index (χ4v) is 5.04. The van der Waals surface area contributed by atoms with Crippen molar-refractivity contribution in [2.45, 2.75) is 45.9 Å². The number of likely N-dealkylation sites (tertiary alicyclic amines) is 1. The van der Waals surface area contributed by atoms with E-state index in [0.29, 0.717) is 42.3 Å². The van der Waals surface area contributed by atoms with Crippen molar-refractivity contribution in [3.05, 3.63) is 88.8 Å². The SMILES string of the molecule is CCOc1ccc(C2C(=C(O)c3ccc4c(c3)CC(C)O4)C(=O)C(=O)N2Cc2ccncc2)cc1OCC. The first-order valence-corrected chi connectivity index (χ1v) is 12.8. The Morgan fingerprint density at radius 3 is 2.50 bits per heavy atom. The summed E-state index contributed by atoms with van der Waals surface area (Å²) in [5.41, 5.74) is 2.88. The summed E-state index contributed by atoms with van der Waals surface area (Å²) < 4.78 is 17.3. The summed E-state index contributed by atoms with van der Waals surface area (Å²) in [5.74, 6) is 0.190. The van der Waals surface area contributed by atoms with E-state index in [1.807, 2.05) is 26.8 Å². The minimum Gasteiger partial charge on any atom is -0.507 e. The van der Waals surface area contributed by atoms with Crippen LogP contribution in [0.1, 0.15) is 49.1 Å². The standard InChI is InChI=1S/C30H30N2O6/c1-4-36-24-9-6-20(16-25(24)37-5-2)27-26(28(33)21-7-8-23-22(15-21)14-18(3)38-23)29(34)30(35)32(27)17-19-10-12-31-13-11-19/h6-13,15-16,18,27,33H,4-5,14,17H2,1-3H3. The number of ether oxygens (including phenoxy) is 3. The van der Waals surface area contributed by atoms with Crippen LogP contribution in [-0.4, -0.2) is 46.0 Å². The molecule has 1 amide bonds. The number of hydrogen-bond donors (Lipinski definition) is 1. The molecule has 2 atom stereocenters. The number of carbonyl (C=O) groups excluding carboxylic acids is 2. The zero-order valence-corrected chi connectivity index (χ0v) is 21.6. The van der Waals surface area contributed by atoms with E-state index in [9.17, 15) is 14.7 Å². The Bertz CT molecular complexity index is 1400. The van der Waals surface area contributed by atoms with Crippen LogP contribution in [0.4, 0.5) is 0 Å². The predicted molar refractivity (Wildman–Crippen MR) is 141 cm³/mol. The molecule has 0 spiro atoms. The van der Waals surface area contributed by atoms with Crippen LogP contribution < -0.4 is 14.2 Å². The first kappa shape index (κ1) is 25.3. The lowest BCUT2D eigenvalue weighted by molar-refractivity contribution is -0.140. The van der Waals surface area contributed by atoms with Gasteiger partial charge in [0.15, 0.2) is 11.5 Å². The van der Waals surface area contributed by atoms with E-state index in [4.69, 9.17) is 14.2 Å². The Morgan fingerprint density at radius 2 is 1.76 bits per heavy atom. The molecule has 8 heteroatoms. The Balaban J connectivity index is 1.65. The number of hydrogen-bond acceptors (Lipinski definition) is 7. The normalized spacial score (nSPS) is 19.8. The molecular formula is C30H30N2O6. The molecule has 5 rings (SSSR count). The molecule has 0 bridgehead atoms. The van der Waals surface area contributed by atoms with Gasteiger partial charge in [0, 0.05) is 30.9 Å². The van der Waals surface area contributed by atoms with Crippen LogP contribution >= 0.6 is 0 Å². The van der Waals surface area contributed by atoms with Crippen LogP contribution in [0.2, 0.25) is 0 Å². The van der Waals surface area contributed by atoms with Gasteiger partial charge in [-0.25, -0.2) is 0 Å². The Kier molecular flexibility index (Phi) is 7.05. The molecule has 196 valence electrons. The summed E-state index contributed by atoms with van der Waals surface area (Å²) in [6, 6.07) is 13.4. The Hall–Kier alpha value is -4.33. The third-order valence-electron chi connectivity index (χ3n) is 6.69. The second-order valence-electron chi connectivity index (χ2n) is 9.31. The predicted octanol–water partition coefficient (Wildman–Crippen LogP) is 4.82. The van der Waals surface area contributed by atoms with Crippen molar-refractivity contribution < 1.29 is 28.9 Å². The number of aliphatic hydroxyl groups excluding tert-OH is 1. The minimum atomic E-state index is -0.832. The van der Waals surface area contributed by atoms with Gasteiger partial charge in [-0.05, 0) is 79.9 Å². The van der Waals surface area contributed by atoms with Crippen molar-refractivity contribution >= 4 is 17.4 Å². The number of fused-ring (bicyclic) bond motifs is 1. The summed E-state index contributed by atoms with van der Waals surface area (Å²) >= 11 is 0. The van der Waals surface area contributed by atoms with Gasteiger partial charge in [0.25, 0.3) is 11.7 Å². The molecule has 1 saturated heterocycles. The van der Waals surface area contributed by atoms with Gasteiger partial charge >= 0.3 is 0 Å². The second kappa shape index (κ2) is 10.6. The highest BCUT2D eigenvalue weighted by Crippen LogP contribution is 2.43. The zero-order valence-electron chi connectivity index (χ0n) is 21.6. The third-order valence-corrected chi connectivity index (χ3v) is 6.69. The highest BCUT2D eigenvalue weighted by atomic mass is 16.5. The maximum absolute atomic E-state index is 13.5. The molecular weight excluding hydrogens is 484 g/mol. The van der Waals surface area contributed by atoms with Crippen LogP contribution in [0.25, 0.3) is 5.76 Å². The number of aromatic nitrogens is 1. The van der Waals surface area contributed by atoms with Crippen LogP contribution in [0.15, 0.2) is 66.5 Å². The molecule has 1 fully saturated rings. The van der Waals surface area contributed by atoms with Crippen molar-refractivity contribution in [1.29, 1.82) is 0 Å². The van der Waals surface area contributed by atoms with E-state index < -0.39 is 17.7 Å². The minimum absolute atomic E-state index is 0.0302. The summed E-state index contributed by atoms with van der Waals surface area (Å²) in [6.07, 6.45) is 4.01. The summed E-state index contributed by atoms with van der Waals surface area (Å²) in [7, 11) is 0. The van der Waals surface area contributed by atoms with Gasteiger partial charge in [-0.1, -0.05) is 6.07 Å². The molecule has 3 aromatic rings. The van der Waals surface area contributed by atoms with Gasteiger partial charge in [-0.15, -0.1) is 0 Å². The van der Waals surface area contributed by atoms with Gasteiger partial charge in [-0.3, -0.25) is 14.6 Å². The molecule has 8 nitrogen and oxygen atoms in total. The van der Waals surface area contributed by atoms with Crippen LogP contribution in [0.3, 0.4) is 0 Å². The molecule has 2 aliphatic rings. The fourth-order valence-electron chi connectivity index (χ4n) is 5.04. The van der Waals surface area contributed by atoms with Gasteiger partial charge in [0.1, 0.15) is 17.6 Å². The molecule has 0 radical (unpaired) electrons. The van der Waals surface area contributed by atoms with Crippen molar-refractivity contribution in [2.75, 3.05) is 13.2 Å². The van der Waals surface area contributed by atoms with E-state index in [0.717, 1.165) is 16.9 Å². The molecule has 38 heavy (non-hydrogen) atoms. The molecule has 0 saturated carbocycles. The average Bonchev–Trinajstić information content (AvgIpc) is 3.41. The molecule has 1 N–H and O–H groups in total. The molecule has 2 aliphatic heterocycles. The first-order valence-electron chi connectivity index (χ1n) is 12.8. The number of amides is 1. The Labute approximate surface area is 221 Å². The second-order valence-corrected chi connectivity index (χ2v) is 9.31. The van der Waals surface area contributed by atoms with Crippen LogP contribution in [-0.2, 0) is 22.6 Å². The largest absolute Gasteiger partial charge is 0.507 e. The molecule has 2 aromatic carbocycles. The van der Waals surface area contributed by atoms with Gasteiger partial charge in [0.05, 0.1) is 24.8 Å². The van der Waals surface area contributed by atoms with Crippen molar-refractivity contribution in [1.82, 2.24) is 9.88 Å². The van der Waals surface area contributed by atoms with Crippen molar-refractivity contribution in [3.8, 4) is 17.2 Å². The highest BCUT2D eigenvalue weighted by Gasteiger charge is 2.46. The lowest BCUT2D eigenvalue weighted by Crippen LogP contribution is -2.29. The smallest absolute Gasteiger partial charge is 0.295 e. The van der Waals surface area contributed by atoms with Crippen LogP contribution in [0, 0.1) is 0 Å². The molecule has 2 unspecified atom stereocenters.